The zero-order chi connectivity index (χ0) is 20.7. The van der Waals surface area contributed by atoms with Crippen LogP contribution in [0, 0.1) is 11.7 Å². The first kappa shape index (κ1) is 18.9. The van der Waals surface area contributed by atoms with Gasteiger partial charge >= 0.3 is 0 Å². The number of nitrogens with zero attached hydrogens (tertiary/aromatic N) is 5. The summed E-state index contributed by atoms with van der Waals surface area (Å²) in [4.78, 5) is 7.19. The molecule has 1 unspecified atom stereocenters. The third kappa shape index (κ3) is 3.50. The predicted molar refractivity (Wildman–Crippen MR) is 114 cm³/mol. The van der Waals surface area contributed by atoms with Gasteiger partial charge in [0, 0.05) is 30.7 Å². The van der Waals surface area contributed by atoms with Gasteiger partial charge in [0.1, 0.15) is 5.69 Å². The second-order valence-corrected chi connectivity index (χ2v) is 8.02. The Balaban J connectivity index is 1.52. The molecule has 1 aliphatic heterocycles. The Kier molecular flexibility index (Phi) is 4.83. The number of hydrogen-bond acceptors (Lipinski definition) is 5. The Labute approximate surface area is 174 Å². The highest BCUT2D eigenvalue weighted by molar-refractivity contribution is 5.82. The topological polar surface area (TPSA) is 55.6 Å². The Morgan fingerprint density at radius 3 is 2.87 bits per heavy atom. The molecular weight excluding hydrogens is 381 g/mol. The van der Waals surface area contributed by atoms with Crippen molar-refractivity contribution >= 4 is 16.6 Å². The van der Waals surface area contributed by atoms with Gasteiger partial charge in [-0.05, 0) is 49.6 Å². The number of halogens is 1. The minimum Gasteiger partial charge on any atom is -0.491 e. The Hall–Kier alpha value is -3.06. The average Bonchev–Trinajstić information content (AvgIpc) is 3.34. The molecule has 0 amide bonds. The van der Waals surface area contributed by atoms with E-state index in [0.29, 0.717) is 23.6 Å². The van der Waals surface area contributed by atoms with Gasteiger partial charge in [0.25, 0.3) is 0 Å². The van der Waals surface area contributed by atoms with Crippen molar-refractivity contribution in [3.63, 3.8) is 0 Å². The van der Waals surface area contributed by atoms with Crippen LogP contribution in [-0.2, 0) is 6.54 Å². The van der Waals surface area contributed by atoms with Crippen LogP contribution in [0.5, 0.6) is 5.75 Å². The van der Waals surface area contributed by atoms with Crippen molar-refractivity contribution in [2.24, 2.45) is 5.92 Å². The summed E-state index contributed by atoms with van der Waals surface area (Å²) in [5.74, 6) is 1.26. The number of pyridine rings is 2. The monoisotopic (exact) mass is 405 g/mol. The molecule has 0 saturated carbocycles. The van der Waals surface area contributed by atoms with Crippen LogP contribution in [0.25, 0.3) is 28.1 Å². The maximum Gasteiger partial charge on any atom is 0.187 e. The normalized spacial score (nSPS) is 17.2. The summed E-state index contributed by atoms with van der Waals surface area (Å²) in [5, 5.41) is 9.38. The lowest BCUT2D eigenvalue weighted by Gasteiger charge is -2.15. The third-order valence-electron chi connectivity index (χ3n) is 5.65. The Bertz CT molecular complexity index is 1220. The number of fused-ring (bicyclic) bond motifs is 2. The first-order valence-electron chi connectivity index (χ1n) is 10.4. The van der Waals surface area contributed by atoms with Crippen LogP contribution in [0.1, 0.15) is 25.8 Å². The van der Waals surface area contributed by atoms with E-state index in [2.05, 4.69) is 34.3 Å². The van der Waals surface area contributed by atoms with Crippen molar-refractivity contribution in [2.45, 2.75) is 26.8 Å². The molecule has 30 heavy (non-hydrogen) atoms. The summed E-state index contributed by atoms with van der Waals surface area (Å²) in [5.41, 5.74) is 3.35. The zero-order valence-corrected chi connectivity index (χ0v) is 17.2. The molecule has 4 heterocycles. The fourth-order valence-corrected chi connectivity index (χ4v) is 4.15. The van der Waals surface area contributed by atoms with Crippen LogP contribution < -0.4 is 4.74 Å². The van der Waals surface area contributed by atoms with E-state index < -0.39 is 0 Å². The van der Waals surface area contributed by atoms with Gasteiger partial charge in [0.2, 0.25) is 0 Å². The molecule has 1 saturated heterocycles. The molecule has 154 valence electrons. The van der Waals surface area contributed by atoms with Gasteiger partial charge in [-0.15, -0.1) is 10.2 Å². The molecule has 6 nitrogen and oxygen atoms in total. The van der Waals surface area contributed by atoms with E-state index in [1.807, 2.05) is 29.5 Å². The minimum atomic E-state index is -0.382. The molecule has 3 aromatic heterocycles. The summed E-state index contributed by atoms with van der Waals surface area (Å²) in [6.45, 7) is 7.72. The van der Waals surface area contributed by atoms with Gasteiger partial charge < -0.3 is 4.74 Å². The van der Waals surface area contributed by atoms with Crippen molar-refractivity contribution in [1.82, 2.24) is 24.5 Å². The van der Waals surface area contributed by atoms with E-state index in [-0.39, 0.29) is 11.6 Å². The molecule has 1 fully saturated rings. The van der Waals surface area contributed by atoms with Crippen molar-refractivity contribution < 1.29 is 9.13 Å². The molecule has 0 radical (unpaired) electrons. The number of aromatic nitrogens is 4. The molecule has 1 atom stereocenters. The highest BCUT2D eigenvalue weighted by atomic mass is 19.1. The SMILES string of the molecule is CCOc1cc2nc(-c3nnc4ccc(CN5CCC(C)C5)cn34)ccc2cc1F. The minimum absolute atomic E-state index is 0.211. The molecule has 0 spiro atoms. The van der Waals surface area contributed by atoms with E-state index in [4.69, 9.17) is 9.72 Å². The highest BCUT2D eigenvalue weighted by Gasteiger charge is 2.19. The van der Waals surface area contributed by atoms with Crippen LogP contribution in [0.4, 0.5) is 4.39 Å². The standard InChI is InChI=1S/C23H24FN5O/c1-3-30-21-11-20-17(10-18(21)24)5-6-19(25-20)23-27-26-22-7-4-16(14-29(22)23)13-28-9-8-15(2)12-28/h4-7,10-11,14-15H,3,8-9,12-13H2,1-2H3. The Morgan fingerprint density at radius 1 is 1.17 bits per heavy atom. The van der Waals surface area contributed by atoms with Gasteiger partial charge in [0.05, 0.1) is 12.1 Å². The molecule has 7 heteroatoms. The number of ether oxygens (including phenoxy) is 1. The van der Waals surface area contributed by atoms with Crippen LogP contribution >= 0.6 is 0 Å². The summed E-state index contributed by atoms with van der Waals surface area (Å²) in [7, 11) is 0. The molecule has 0 N–H and O–H groups in total. The van der Waals surface area contributed by atoms with Crippen molar-refractivity contribution in [1.29, 1.82) is 0 Å². The third-order valence-corrected chi connectivity index (χ3v) is 5.65. The molecule has 0 bridgehead atoms. The second-order valence-electron chi connectivity index (χ2n) is 8.02. The maximum absolute atomic E-state index is 14.1. The van der Waals surface area contributed by atoms with Crippen LogP contribution in [0.2, 0.25) is 0 Å². The smallest absolute Gasteiger partial charge is 0.187 e. The first-order valence-corrected chi connectivity index (χ1v) is 10.4. The molecule has 0 aliphatic carbocycles. The summed E-state index contributed by atoms with van der Waals surface area (Å²) in [6, 6.07) is 10.9. The van der Waals surface area contributed by atoms with Gasteiger partial charge in [-0.3, -0.25) is 9.30 Å². The predicted octanol–water partition coefficient (Wildman–Crippen LogP) is 4.32. The maximum atomic E-state index is 14.1. The quantitative estimate of drug-likeness (QED) is 0.495. The van der Waals surface area contributed by atoms with E-state index in [9.17, 15) is 4.39 Å². The summed E-state index contributed by atoms with van der Waals surface area (Å²) in [6.07, 6.45) is 3.35. The lowest BCUT2D eigenvalue weighted by Crippen LogP contribution is -2.19. The number of rotatable bonds is 5. The second kappa shape index (κ2) is 7.65. The van der Waals surface area contributed by atoms with Crippen molar-refractivity contribution in [3.05, 3.63) is 54.0 Å². The molecular formula is C23H24FN5O. The van der Waals surface area contributed by atoms with Crippen LogP contribution in [0.15, 0.2) is 42.6 Å². The number of benzene rings is 1. The van der Waals surface area contributed by atoms with Gasteiger partial charge in [0.15, 0.2) is 23.0 Å². The van der Waals surface area contributed by atoms with Crippen molar-refractivity contribution in [2.75, 3.05) is 19.7 Å². The lowest BCUT2D eigenvalue weighted by molar-refractivity contribution is 0.320. The number of hydrogen-bond donors (Lipinski definition) is 0. The van der Waals surface area contributed by atoms with Gasteiger partial charge in [-0.2, -0.15) is 0 Å². The average molecular weight is 405 g/mol. The fourth-order valence-electron chi connectivity index (χ4n) is 4.15. The Morgan fingerprint density at radius 2 is 2.07 bits per heavy atom. The lowest BCUT2D eigenvalue weighted by atomic mass is 10.2. The number of likely N-dealkylation sites (tertiary alicyclic amines) is 1. The zero-order valence-electron chi connectivity index (χ0n) is 17.2. The molecule has 5 rings (SSSR count). The molecule has 1 aromatic carbocycles. The largest absolute Gasteiger partial charge is 0.491 e. The van der Waals surface area contributed by atoms with Gasteiger partial charge in [-0.25, -0.2) is 9.37 Å². The first-order chi connectivity index (χ1) is 14.6. The summed E-state index contributed by atoms with van der Waals surface area (Å²) >= 11 is 0. The van der Waals surface area contributed by atoms with Crippen LogP contribution in [-0.4, -0.2) is 44.2 Å². The van der Waals surface area contributed by atoms with E-state index in [0.717, 1.165) is 36.6 Å². The molecule has 4 aromatic rings. The van der Waals surface area contributed by atoms with Gasteiger partial charge in [-0.1, -0.05) is 19.1 Å². The van der Waals surface area contributed by atoms with Crippen molar-refractivity contribution in [3.8, 4) is 17.3 Å². The van der Waals surface area contributed by atoms with Crippen LogP contribution in [0.3, 0.4) is 0 Å². The highest BCUT2D eigenvalue weighted by Crippen LogP contribution is 2.27. The fraction of sp³-hybridized carbons (Fsp3) is 0.348. The van der Waals surface area contributed by atoms with E-state index >= 15 is 0 Å². The molecule has 1 aliphatic rings. The van der Waals surface area contributed by atoms with E-state index in [1.165, 1.54) is 18.1 Å². The summed E-state index contributed by atoms with van der Waals surface area (Å²) < 4.78 is 21.5. The van der Waals surface area contributed by atoms with E-state index in [1.54, 1.807) is 6.07 Å².